The number of benzene rings is 3. The molecular formula is C29H29N3O6. The molecule has 0 unspecified atom stereocenters. The van der Waals surface area contributed by atoms with Crippen molar-refractivity contribution in [2.75, 3.05) is 0 Å². The molecule has 9 heteroatoms. The third-order valence-electron chi connectivity index (χ3n) is 5.44. The molecule has 0 spiro atoms. The third-order valence-corrected chi connectivity index (χ3v) is 5.44. The zero-order chi connectivity index (χ0) is 27.5. The Labute approximate surface area is 220 Å². The van der Waals surface area contributed by atoms with E-state index in [9.17, 15) is 24.5 Å². The predicted octanol–water partition coefficient (Wildman–Crippen LogP) is 4.64. The summed E-state index contributed by atoms with van der Waals surface area (Å²) < 4.78 is 5.45. The summed E-state index contributed by atoms with van der Waals surface area (Å²) in [5, 5.41) is 16.4. The first kappa shape index (κ1) is 27.8. The average molecular weight is 516 g/mol. The predicted molar refractivity (Wildman–Crippen MR) is 143 cm³/mol. The van der Waals surface area contributed by atoms with Gasteiger partial charge in [-0.1, -0.05) is 74.5 Å². The minimum atomic E-state index is -0.978. The lowest BCUT2D eigenvalue weighted by Crippen LogP contribution is -2.45. The highest BCUT2D eigenvalue weighted by molar-refractivity contribution is 6.06. The van der Waals surface area contributed by atoms with Gasteiger partial charge >= 0.3 is 5.97 Å². The topological polar surface area (TPSA) is 128 Å². The van der Waals surface area contributed by atoms with Gasteiger partial charge in [0, 0.05) is 17.7 Å². The molecule has 0 aromatic heterocycles. The molecule has 3 aromatic rings. The van der Waals surface area contributed by atoms with Gasteiger partial charge < -0.3 is 15.4 Å². The summed E-state index contributed by atoms with van der Waals surface area (Å²) in [7, 11) is 0. The van der Waals surface area contributed by atoms with E-state index in [-0.39, 0.29) is 23.9 Å². The first-order valence-electron chi connectivity index (χ1n) is 12.1. The number of nitro benzene ring substituents is 1. The molecule has 38 heavy (non-hydrogen) atoms. The van der Waals surface area contributed by atoms with Crippen LogP contribution in [-0.4, -0.2) is 28.7 Å². The standard InChI is InChI=1S/C29H29N3O6/c1-20(2)16-26(29(35)38-19-21-10-5-3-6-11-21)31-28(34)25(30-27(33)23-13-7-4-8-14-23)18-22-12-9-15-24(17-22)32(36)37/h3-15,17-18,20,26H,16,19H2,1-2H3,(H,30,33)(H,31,34)/b25-18+/t26-/m1/s1. The number of non-ortho nitro benzene ring substituents is 1. The van der Waals surface area contributed by atoms with Gasteiger partial charge in [-0.25, -0.2) is 4.79 Å². The van der Waals surface area contributed by atoms with E-state index in [0.717, 1.165) is 5.56 Å². The number of esters is 1. The van der Waals surface area contributed by atoms with Crippen LogP contribution in [0.25, 0.3) is 6.08 Å². The molecule has 1 atom stereocenters. The number of carbonyl (C=O) groups is 3. The van der Waals surface area contributed by atoms with E-state index in [1.807, 2.05) is 44.2 Å². The van der Waals surface area contributed by atoms with Crippen molar-refractivity contribution < 1.29 is 24.0 Å². The Morgan fingerprint density at radius 3 is 2.24 bits per heavy atom. The molecule has 0 aliphatic rings. The fourth-order valence-corrected chi connectivity index (χ4v) is 3.59. The minimum Gasteiger partial charge on any atom is -0.459 e. The van der Waals surface area contributed by atoms with Gasteiger partial charge in [-0.05, 0) is 41.7 Å². The fraction of sp³-hybridized carbons (Fsp3) is 0.207. The summed E-state index contributed by atoms with van der Waals surface area (Å²) in [5.74, 6) is -1.85. The Kier molecular flexibility index (Phi) is 9.87. The molecule has 0 aliphatic heterocycles. The Morgan fingerprint density at radius 1 is 0.947 bits per heavy atom. The number of rotatable bonds is 11. The summed E-state index contributed by atoms with van der Waals surface area (Å²) in [4.78, 5) is 49.8. The molecule has 2 N–H and O–H groups in total. The van der Waals surface area contributed by atoms with E-state index in [1.165, 1.54) is 24.3 Å². The molecule has 9 nitrogen and oxygen atoms in total. The molecule has 0 radical (unpaired) electrons. The summed E-state index contributed by atoms with van der Waals surface area (Å²) in [6.07, 6.45) is 1.63. The molecule has 3 aromatic carbocycles. The highest BCUT2D eigenvalue weighted by Gasteiger charge is 2.26. The maximum absolute atomic E-state index is 13.4. The minimum absolute atomic E-state index is 0.0469. The van der Waals surface area contributed by atoms with E-state index in [4.69, 9.17) is 4.74 Å². The molecule has 196 valence electrons. The Bertz CT molecular complexity index is 1310. The second kappa shape index (κ2) is 13.5. The van der Waals surface area contributed by atoms with Gasteiger partial charge in [0.1, 0.15) is 18.3 Å². The van der Waals surface area contributed by atoms with E-state index < -0.39 is 28.7 Å². The van der Waals surface area contributed by atoms with Crippen molar-refractivity contribution in [3.8, 4) is 0 Å². The number of nitrogens with one attached hydrogen (secondary N) is 2. The summed E-state index contributed by atoms with van der Waals surface area (Å²) in [6.45, 7) is 3.85. The van der Waals surface area contributed by atoms with Crippen LogP contribution in [0.15, 0.2) is 90.6 Å². The van der Waals surface area contributed by atoms with Crippen LogP contribution in [-0.2, 0) is 20.9 Å². The van der Waals surface area contributed by atoms with Gasteiger partial charge in [-0.3, -0.25) is 19.7 Å². The van der Waals surface area contributed by atoms with Gasteiger partial charge in [0.2, 0.25) is 0 Å². The number of ether oxygens (including phenoxy) is 1. The van der Waals surface area contributed by atoms with Crippen LogP contribution in [0.3, 0.4) is 0 Å². The van der Waals surface area contributed by atoms with Crippen molar-refractivity contribution in [3.63, 3.8) is 0 Å². The van der Waals surface area contributed by atoms with Crippen LogP contribution in [0.2, 0.25) is 0 Å². The SMILES string of the molecule is CC(C)C[C@@H](NC(=O)/C(=C\c1cccc([N+](=O)[O-])c1)NC(=O)c1ccccc1)C(=O)OCc1ccccc1. The molecule has 3 rings (SSSR count). The molecular weight excluding hydrogens is 486 g/mol. The summed E-state index contributed by atoms with van der Waals surface area (Å²) in [6, 6.07) is 22.1. The van der Waals surface area contributed by atoms with Crippen LogP contribution in [0.5, 0.6) is 0 Å². The Balaban J connectivity index is 1.85. The maximum Gasteiger partial charge on any atom is 0.328 e. The molecule has 0 aliphatic carbocycles. The van der Waals surface area contributed by atoms with Crippen LogP contribution >= 0.6 is 0 Å². The summed E-state index contributed by atoms with van der Waals surface area (Å²) in [5.41, 5.74) is 1.09. The number of nitrogens with zero attached hydrogens (tertiary/aromatic N) is 1. The average Bonchev–Trinajstić information content (AvgIpc) is 2.91. The maximum atomic E-state index is 13.4. The Morgan fingerprint density at radius 2 is 1.61 bits per heavy atom. The largest absolute Gasteiger partial charge is 0.459 e. The first-order chi connectivity index (χ1) is 18.2. The lowest BCUT2D eigenvalue weighted by Gasteiger charge is -2.20. The molecule has 0 saturated carbocycles. The lowest BCUT2D eigenvalue weighted by molar-refractivity contribution is -0.384. The van der Waals surface area contributed by atoms with Crippen molar-refractivity contribution in [2.24, 2.45) is 5.92 Å². The summed E-state index contributed by atoms with van der Waals surface area (Å²) >= 11 is 0. The quantitative estimate of drug-likeness (QED) is 0.166. The van der Waals surface area contributed by atoms with E-state index in [2.05, 4.69) is 10.6 Å². The zero-order valence-corrected chi connectivity index (χ0v) is 21.1. The van der Waals surface area contributed by atoms with Crippen LogP contribution in [0.4, 0.5) is 5.69 Å². The van der Waals surface area contributed by atoms with E-state index in [1.54, 1.807) is 36.4 Å². The van der Waals surface area contributed by atoms with Crippen molar-refractivity contribution >= 4 is 29.5 Å². The van der Waals surface area contributed by atoms with Crippen molar-refractivity contribution in [3.05, 3.63) is 117 Å². The molecule has 0 saturated heterocycles. The van der Waals surface area contributed by atoms with Gasteiger partial charge in [-0.15, -0.1) is 0 Å². The van der Waals surface area contributed by atoms with Crippen LogP contribution < -0.4 is 10.6 Å². The smallest absolute Gasteiger partial charge is 0.328 e. The van der Waals surface area contributed by atoms with Crippen LogP contribution in [0.1, 0.15) is 41.8 Å². The van der Waals surface area contributed by atoms with Gasteiger partial charge in [0.05, 0.1) is 4.92 Å². The monoisotopic (exact) mass is 515 g/mol. The normalized spacial score (nSPS) is 11.9. The van der Waals surface area contributed by atoms with Crippen molar-refractivity contribution in [2.45, 2.75) is 32.9 Å². The van der Waals surface area contributed by atoms with Crippen molar-refractivity contribution in [1.82, 2.24) is 10.6 Å². The number of nitro groups is 1. The lowest BCUT2D eigenvalue weighted by atomic mass is 10.0. The number of hydrogen-bond acceptors (Lipinski definition) is 6. The van der Waals surface area contributed by atoms with Crippen LogP contribution in [0, 0.1) is 16.0 Å². The molecule has 0 bridgehead atoms. The molecule has 0 heterocycles. The second-order valence-electron chi connectivity index (χ2n) is 8.98. The first-order valence-corrected chi connectivity index (χ1v) is 12.1. The molecule has 2 amide bonds. The van der Waals surface area contributed by atoms with Gasteiger partial charge in [0.25, 0.3) is 17.5 Å². The third kappa shape index (κ3) is 8.41. The fourth-order valence-electron chi connectivity index (χ4n) is 3.59. The number of hydrogen-bond donors (Lipinski definition) is 2. The van der Waals surface area contributed by atoms with Crippen molar-refractivity contribution in [1.29, 1.82) is 0 Å². The zero-order valence-electron chi connectivity index (χ0n) is 21.1. The van der Waals surface area contributed by atoms with E-state index in [0.29, 0.717) is 17.5 Å². The number of carbonyl (C=O) groups excluding carboxylic acids is 3. The van der Waals surface area contributed by atoms with Gasteiger partial charge in [-0.2, -0.15) is 0 Å². The molecule has 0 fully saturated rings. The highest BCUT2D eigenvalue weighted by Crippen LogP contribution is 2.16. The number of amides is 2. The highest BCUT2D eigenvalue weighted by atomic mass is 16.6. The van der Waals surface area contributed by atoms with Gasteiger partial charge in [0.15, 0.2) is 0 Å². The van der Waals surface area contributed by atoms with E-state index >= 15 is 0 Å². The Hall–Kier alpha value is -4.79. The second-order valence-corrected chi connectivity index (χ2v) is 8.98.